The lowest BCUT2D eigenvalue weighted by Gasteiger charge is -2.08. The SMILES string of the molecule is COCOCCCN(C)C. The zero-order chi connectivity index (χ0) is 7.82. The van der Waals surface area contributed by atoms with Crippen LogP contribution in [0.2, 0.25) is 0 Å². The second-order valence-corrected chi connectivity index (χ2v) is 2.47. The van der Waals surface area contributed by atoms with Gasteiger partial charge in [0.15, 0.2) is 0 Å². The Bertz CT molecular complexity index is 66.6. The molecule has 0 heterocycles. The first-order chi connectivity index (χ1) is 4.77. The van der Waals surface area contributed by atoms with Crippen molar-refractivity contribution in [3.63, 3.8) is 0 Å². The van der Waals surface area contributed by atoms with Crippen molar-refractivity contribution in [3.8, 4) is 0 Å². The summed E-state index contributed by atoms with van der Waals surface area (Å²) in [6.07, 6.45) is 1.07. The molecule has 0 saturated heterocycles. The quantitative estimate of drug-likeness (QED) is 0.405. The molecule has 0 atom stereocenters. The summed E-state index contributed by atoms with van der Waals surface area (Å²) < 4.78 is 9.80. The molecule has 0 aliphatic carbocycles. The van der Waals surface area contributed by atoms with Crippen LogP contribution in [0, 0.1) is 0 Å². The molecule has 62 valence electrons. The van der Waals surface area contributed by atoms with Gasteiger partial charge in [-0.2, -0.15) is 0 Å². The van der Waals surface area contributed by atoms with Crippen LogP contribution in [0.4, 0.5) is 0 Å². The lowest BCUT2D eigenvalue weighted by Crippen LogP contribution is -2.15. The highest BCUT2D eigenvalue weighted by Gasteiger charge is 1.89. The van der Waals surface area contributed by atoms with Gasteiger partial charge in [-0.1, -0.05) is 0 Å². The highest BCUT2D eigenvalue weighted by atomic mass is 16.7. The third-order valence-electron chi connectivity index (χ3n) is 1.10. The lowest BCUT2D eigenvalue weighted by atomic mass is 10.4. The Labute approximate surface area is 62.9 Å². The molecule has 0 aromatic heterocycles. The summed E-state index contributed by atoms with van der Waals surface area (Å²) in [4.78, 5) is 2.14. The molecule has 0 aromatic rings. The molecule has 0 saturated carbocycles. The van der Waals surface area contributed by atoms with Gasteiger partial charge in [-0.3, -0.25) is 0 Å². The fourth-order valence-electron chi connectivity index (χ4n) is 0.625. The molecule has 0 aliphatic heterocycles. The molecule has 10 heavy (non-hydrogen) atoms. The van der Waals surface area contributed by atoms with E-state index in [1.807, 2.05) is 0 Å². The van der Waals surface area contributed by atoms with E-state index in [9.17, 15) is 0 Å². The summed E-state index contributed by atoms with van der Waals surface area (Å²) in [7, 11) is 5.73. The van der Waals surface area contributed by atoms with E-state index in [0.29, 0.717) is 6.79 Å². The lowest BCUT2D eigenvalue weighted by molar-refractivity contribution is -0.0321. The molecule has 0 radical (unpaired) electrons. The normalized spacial score (nSPS) is 10.8. The molecule has 0 unspecified atom stereocenters. The van der Waals surface area contributed by atoms with Gasteiger partial charge in [0.1, 0.15) is 6.79 Å². The van der Waals surface area contributed by atoms with Crippen molar-refractivity contribution >= 4 is 0 Å². The average Bonchev–Trinajstić information content (AvgIpc) is 1.87. The maximum Gasteiger partial charge on any atom is 0.146 e. The van der Waals surface area contributed by atoms with Gasteiger partial charge in [-0.25, -0.2) is 0 Å². The van der Waals surface area contributed by atoms with Crippen molar-refractivity contribution in [2.45, 2.75) is 6.42 Å². The van der Waals surface area contributed by atoms with Gasteiger partial charge >= 0.3 is 0 Å². The molecule has 0 N–H and O–H groups in total. The zero-order valence-corrected chi connectivity index (χ0v) is 7.09. The molecular weight excluding hydrogens is 130 g/mol. The molecule has 0 rings (SSSR count). The van der Waals surface area contributed by atoms with Gasteiger partial charge in [0.25, 0.3) is 0 Å². The summed E-state index contributed by atoms with van der Waals surface area (Å²) in [5.74, 6) is 0. The van der Waals surface area contributed by atoms with Crippen LogP contribution in [0.1, 0.15) is 6.42 Å². The standard InChI is InChI=1S/C7H17NO2/c1-8(2)5-4-6-10-7-9-3/h4-7H2,1-3H3. The van der Waals surface area contributed by atoms with Crippen LogP contribution in [-0.2, 0) is 9.47 Å². The molecular formula is C7H17NO2. The Hall–Kier alpha value is -0.120. The van der Waals surface area contributed by atoms with Gasteiger partial charge < -0.3 is 14.4 Å². The van der Waals surface area contributed by atoms with Gasteiger partial charge in [0.05, 0.1) is 6.61 Å². The number of hydrogen-bond acceptors (Lipinski definition) is 3. The first kappa shape index (κ1) is 9.88. The molecule has 0 aromatic carbocycles. The zero-order valence-electron chi connectivity index (χ0n) is 7.09. The van der Waals surface area contributed by atoms with Crippen LogP contribution >= 0.6 is 0 Å². The molecule has 0 bridgehead atoms. The minimum absolute atomic E-state index is 0.410. The topological polar surface area (TPSA) is 21.7 Å². The molecule has 0 fully saturated rings. The van der Waals surface area contributed by atoms with E-state index in [2.05, 4.69) is 19.0 Å². The number of nitrogens with zero attached hydrogens (tertiary/aromatic N) is 1. The molecule has 0 amide bonds. The van der Waals surface area contributed by atoms with Crippen LogP contribution in [0.5, 0.6) is 0 Å². The maximum absolute atomic E-state index is 5.08. The van der Waals surface area contributed by atoms with Gasteiger partial charge in [-0.15, -0.1) is 0 Å². The molecule has 0 aliphatic rings. The fourth-order valence-corrected chi connectivity index (χ4v) is 0.625. The summed E-state index contributed by atoms with van der Waals surface area (Å²) in [6.45, 7) is 2.27. The summed E-state index contributed by atoms with van der Waals surface area (Å²) >= 11 is 0. The fraction of sp³-hybridized carbons (Fsp3) is 1.00. The monoisotopic (exact) mass is 147 g/mol. The second-order valence-electron chi connectivity index (χ2n) is 2.47. The van der Waals surface area contributed by atoms with Crippen LogP contribution in [-0.4, -0.2) is 46.0 Å². The van der Waals surface area contributed by atoms with E-state index in [1.165, 1.54) is 0 Å². The van der Waals surface area contributed by atoms with Crippen molar-refractivity contribution < 1.29 is 9.47 Å². The van der Waals surface area contributed by atoms with E-state index in [4.69, 9.17) is 9.47 Å². The minimum Gasteiger partial charge on any atom is -0.359 e. The highest BCUT2D eigenvalue weighted by Crippen LogP contribution is 1.84. The van der Waals surface area contributed by atoms with Gasteiger partial charge in [0.2, 0.25) is 0 Å². The van der Waals surface area contributed by atoms with Crippen molar-refractivity contribution in [1.82, 2.24) is 4.90 Å². The third kappa shape index (κ3) is 7.88. The Morgan fingerprint density at radius 1 is 1.30 bits per heavy atom. The Balaban J connectivity index is 2.77. The van der Waals surface area contributed by atoms with Crippen LogP contribution in [0.3, 0.4) is 0 Å². The van der Waals surface area contributed by atoms with Crippen LogP contribution < -0.4 is 0 Å². The predicted octanol–water partition coefficient (Wildman–Crippen LogP) is 0.559. The first-order valence-electron chi connectivity index (χ1n) is 3.48. The van der Waals surface area contributed by atoms with Crippen LogP contribution in [0.15, 0.2) is 0 Å². The number of rotatable bonds is 6. The largest absolute Gasteiger partial charge is 0.359 e. The van der Waals surface area contributed by atoms with Gasteiger partial charge in [0, 0.05) is 7.11 Å². The average molecular weight is 147 g/mol. The van der Waals surface area contributed by atoms with E-state index in [-0.39, 0.29) is 0 Å². The van der Waals surface area contributed by atoms with Crippen molar-refractivity contribution in [2.24, 2.45) is 0 Å². The molecule has 3 nitrogen and oxygen atoms in total. The van der Waals surface area contributed by atoms with E-state index >= 15 is 0 Å². The maximum atomic E-state index is 5.08. The summed E-state index contributed by atoms with van der Waals surface area (Å²) in [5, 5.41) is 0. The third-order valence-corrected chi connectivity index (χ3v) is 1.10. The van der Waals surface area contributed by atoms with Crippen molar-refractivity contribution in [1.29, 1.82) is 0 Å². The van der Waals surface area contributed by atoms with Crippen molar-refractivity contribution in [3.05, 3.63) is 0 Å². The first-order valence-corrected chi connectivity index (χ1v) is 3.48. The number of methoxy groups -OCH3 is 1. The second kappa shape index (κ2) is 6.99. The minimum atomic E-state index is 0.410. The number of hydrogen-bond donors (Lipinski definition) is 0. The smallest absolute Gasteiger partial charge is 0.146 e. The summed E-state index contributed by atoms with van der Waals surface area (Å²) in [6, 6.07) is 0. The Morgan fingerprint density at radius 3 is 2.50 bits per heavy atom. The van der Waals surface area contributed by atoms with E-state index in [1.54, 1.807) is 7.11 Å². The Morgan fingerprint density at radius 2 is 2.00 bits per heavy atom. The summed E-state index contributed by atoms with van der Waals surface area (Å²) in [5.41, 5.74) is 0. The Kier molecular flexibility index (Phi) is 6.91. The van der Waals surface area contributed by atoms with E-state index in [0.717, 1.165) is 19.6 Å². The van der Waals surface area contributed by atoms with E-state index < -0.39 is 0 Å². The molecule has 3 heteroatoms. The van der Waals surface area contributed by atoms with Gasteiger partial charge in [-0.05, 0) is 27.1 Å². The van der Waals surface area contributed by atoms with Crippen molar-refractivity contribution in [2.75, 3.05) is 41.1 Å². The predicted molar refractivity (Wildman–Crippen MR) is 41.0 cm³/mol. The number of ether oxygens (including phenoxy) is 2. The molecule has 0 spiro atoms. The highest BCUT2D eigenvalue weighted by molar-refractivity contribution is 4.41. The van der Waals surface area contributed by atoms with Crippen LogP contribution in [0.25, 0.3) is 0 Å².